The standard InChI is InChI=1S/C15H16N2O3/c16-9-10-1-3-11(4-2-10)14(18)17-13-7-5-12(6-8-13)15(19)20/h1-4,12-13H,5-8H2,(H,17,18)(H,19,20). The second-order valence-electron chi connectivity index (χ2n) is 5.05. The zero-order chi connectivity index (χ0) is 14.5. The van der Waals surface area contributed by atoms with Crippen LogP contribution in [-0.2, 0) is 4.79 Å². The molecule has 5 heteroatoms. The Morgan fingerprint density at radius 1 is 1.15 bits per heavy atom. The van der Waals surface area contributed by atoms with Gasteiger partial charge in [0.05, 0.1) is 17.6 Å². The molecule has 20 heavy (non-hydrogen) atoms. The van der Waals surface area contributed by atoms with Crippen LogP contribution in [0.4, 0.5) is 0 Å². The number of benzene rings is 1. The van der Waals surface area contributed by atoms with E-state index in [9.17, 15) is 9.59 Å². The Kier molecular flexibility index (Phi) is 4.36. The third-order valence-electron chi connectivity index (χ3n) is 3.69. The van der Waals surface area contributed by atoms with Crippen molar-refractivity contribution < 1.29 is 14.7 Å². The van der Waals surface area contributed by atoms with Crippen molar-refractivity contribution in [3.63, 3.8) is 0 Å². The highest BCUT2D eigenvalue weighted by atomic mass is 16.4. The van der Waals surface area contributed by atoms with Gasteiger partial charge < -0.3 is 10.4 Å². The van der Waals surface area contributed by atoms with Crippen molar-refractivity contribution in [3.8, 4) is 6.07 Å². The molecule has 0 bridgehead atoms. The summed E-state index contributed by atoms with van der Waals surface area (Å²) in [7, 11) is 0. The van der Waals surface area contributed by atoms with Gasteiger partial charge in [0, 0.05) is 11.6 Å². The topological polar surface area (TPSA) is 90.2 Å². The van der Waals surface area contributed by atoms with E-state index in [-0.39, 0.29) is 17.9 Å². The maximum Gasteiger partial charge on any atom is 0.306 e. The summed E-state index contributed by atoms with van der Waals surface area (Å²) in [4.78, 5) is 22.9. The Morgan fingerprint density at radius 3 is 2.25 bits per heavy atom. The second-order valence-corrected chi connectivity index (χ2v) is 5.05. The number of carboxylic acid groups (broad SMARTS) is 1. The van der Waals surface area contributed by atoms with E-state index in [1.54, 1.807) is 24.3 Å². The molecule has 0 saturated heterocycles. The van der Waals surface area contributed by atoms with Crippen molar-refractivity contribution >= 4 is 11.9 Å². The first-order valence-corrected chi connectivity index (χ1v) is 6.64. The third-order valence-corrected chi connectivity index (χ3v) is 3.69. The van der Waals surface area contributed by atoms with E-state index in [4.69, 9.17) is 10.4 Å². The summed E-state index contributed by atoms with van der Waals surface area (Å²) in [6, 6.07) is 8.50. The van der Waals surface area contributed by atoms with Crippen molar-refractivity contribution in [1.82, 2.24) is 5.32 Å². The molecule has 0 heterocycles. The number of hydrogen-bond donors (Lipinski definition) is 2. The molecule has 0 aromatic heterocycles. The Morgan fingerprint density at radius 2 is 1.75 bits per heavy atom. The van der Waals surface area contributed by atoms with E-state index in [1.807, 2.05) is 6.07 Å². The predicted octanol–water partition coefficient (Wildman–Crippen LogP) is 1.93. The molecule has 0 spiro atoms. The van der Waals surface area contributed by atoms with Gasteiger partial charge in [0.2, 0.25) is 0 Å². The van der Waals surface area contributed by atoms with Gasteiger partial charge >= 0.3 is 5.97 Å². The average molecular weight is 272 g/mol. The number of aliphatic carboxylic acids is 1. The fourth-order valence-corrected chi connectivity index (χ4v) is 2.45. The van der Waals surface area contributed by atoms with E-state index in [1.165, 1.54) is 0 Å². The minimum absolute atomic E-state index is 0.0359. The van der Waals surface area contributed by atoms with Crippen LogP contribution in [0, 0.1) is 17.2 Å². The molecule has 1 saturated carbocycles. The first-order chi connectivity index (χ1) is 9.60. The number of amides is 1. The maximum absolute atomic E-state index is 12.0. The number of carbonyl (C=O) groups excluding carboxylic acids is 1. The van der Waals surface area contributed by atoms with E-state index >= 15 is 0 Å². The molecule has 5 nitrogen and oxygen atoms in total. The SMILES string of the molecule is N#Cc1ccc(C(=O)NC2CCC(C(=O)O)CC2)cc1. The van der Waals surface area contributed by atoms with Gasteiger partial charge in [-0.25, -0.2) is 0 Å². The van der Waals surface area contributed by atoms with Crippen LogP contribution in [0.5, 0.6) is 0 Å². The minimum atomic E-state index is -0.748. The summed E-state index contributed by atoms with van der Waals surface area (Å²) in [5, 5.41) is 20.5. The first kappa shape index (κ1) is 14.1. The number of rotatable bonds is 3. The lowest BCUT2D eigenvalue weighted by atomic mass is 9.86. The fraction of sp³-hybridized carbons (Fsp3) is 0.400. The number of nitrogens with zero attached hydrogens (tertiary/aromatic N) is 1. The van der Waals surface area contributed by atoms with Crippen LogP contribution in [0.2, 0.25) is 0 Å². The number of carboxylic acids is 1. The lowest BCUT2D eigenvalue weighted by Gasteiger charge is -2.26. The van der Waals surface area contributed by atoms with Gasteiger partial charge in [-0.15, -0.1) is 0 Å². The largest absolute Gasteiger partial charge is 0.481 e. The molecule has 0 unspecified atom stereocenters. The molecule has 0 radical (unpaired) electrons. The number of carbonyl (C=O) groups is 2. The third kappa shape index (κ3) is 3.35. The average Bonchev–Trinajstić information content (AvgIpc) is 2.48. The van der Waals surface area contributed by atoms with Crippen molar-refractivity contribution in [1.29, 1.82) is 5.26 Å². The van der Waals surface area contributed by atoms with Crippen molar-refractivity contribution in [2.75, 3.05) is 0 Å². The van der Waals surface area contributed by atoms with Crippen LogP contribution in [-0.4, -0.2) is 23.0 Å². The van der Waals surface area contributed by atoms with Gasteiger partial charge in [-0.2, -0.15) is 5.26 Å². The quantitative estimate of drug-likeness (QED) is 0.879. The molecule has 1 fully saturated rings. The van der Waals surface area contributed by atoms with Crippen LogP contribution < -0.4 is 5.32 Å². The molecule has 1 aromatic carbocycles. The molecular weight excluding hydrogens is 256 g/mol. The first-order valence-electron chi connectivity index (χ1n) is 6.64. The molecule has 1 aliphatic carbocycles. The number of hydrogen-bond acceptors (Lipinski definition) is 3. The summed E-state index contributed by atoms with van der Waals surface area (Å²) >= 11 is 0. The van der Waals surface area contributed by atoms with Gasteiger partial charge in [0.1, 0.15) is 0 Å². The monoisotopic (exact) mass is 272 g/mol. The fourth-order valence-electron chi connectivity index (χ4n) is 2.45. The molecule has 2 N–H and O–H groups in total. The molecule has 1 amide bonds. The van der Waals surface area contributed by atoms with Gasteiger partial charge in [-0.1, -0.05) is 0 Å². The van der Waals surface area contributed by atoms with Crippen molar-refractivity contribution in [2.45, 2.75) is 31.7 Å². The summed E-state index contributed by atoms with van der Waals surface area (Å²) in [6.07, 6.45) is 2.60. The molecule has 104 valence electrons. The smallest absolute Gasteiger partial charge is 0.306 e. The predicted molar refractivity (Wildman–Crippen MR) is 72.0 cm³/mol. The van der Waals surface area contributed by atoms with Crippen LogP contribution in [0.3, 0.4) is 0 Å². The minimum Gasteiger partial charge on any atom is -0.481 e. The highest BCUT2D eigenvalue weighted by molar-refractivity contribution is 5.94. The molecule has 0 atom stereocenters. The van der Waals surface area contributed by atoms with E-state index < -0.39 is 5.97 Å². The number of nitriles is 1. The molecule has 1 aromatic rings. The van der Waals surface area contributed by atoms with Crippen LogP contribution in [0.25, 0.3) is 0 Å². The Labute approximate surface area is 117 Å². The maximum atomic E-state index is 12.0. The molecule has 2 rings (SSSR count). The molecular formula is C15H16N2O3. The van der Waals surface area contributed by atoms with Crippen LogP contribution >= 0.6 is 0 Å². The number of nitrogens with one attached hydrogen (secondary N) is 1. The lowest BCUT2D eigenvalue weighted by Crippen LogP contribution is -2.38. The van der Waals surface area contributed by atoms with Gasteiger partial charge in [-0.05, 0) is 49.9 Å². The molecule has 0 aliphatic heterocycles. The summed E-state index contributed by atoms with van der Waals surface area (Å²) in [5.74, 6) is -1.20. The summed E-state index contributed by atoms with van der Waals surface area (Å²) in [6.45, 7) is 0. The van der Waals surface area contributed by atoms with Crippen molar-refractivity contribution in [3.05, 3.63) is 35.4 Å². The lowest BCUT2D eigenvalue weighted by molar-refractivity contribution is -0.142. The Hall–Kier alpha value is -2.35. The van der Waals surface area contributed by atoms with Gasteiger partial charge in [-0.3, -0.25) is 9.59 Å². The normalized spacial score (nSPS) is 21.8. The van der Waals surface area contributed by atoms with Gasteiger partial charge in [0.25, 0.3) is 5.91 Å². The summed E-state index contributed by atoms with van der Waals surface area (Å²) in [5.41, 5.74) is 1.04. The Bertz CT molecular complexity index is 537. The van der Waals surface area contributed by atoms with Gasteiger partial charge in [0.15, 0.2) is 0 Å². The summed E-state index contributed by atoms with van der Waals surface area (Å²) < 4.78 is 0. The highest BCUT2D eigenvalue weighted by Gasteiger charge is 2.26. The van der Waals surface area contributed by atoms with Crippen molar-refractivity contribution in [2.24, 2.45) is 5.92 Å². The van der Waals surface area contributed by atoms with E-state index in [0.29, 0.717) is 36.8 Å². The Balaban J connectivity index is 1.89. The molecule has 1 aliphatic rings. The highest BCUT2D eigenvalue weighted by Crippen LogP contribution is 2.24. The van der Waals surface area contributed by atoms with Crippen LogP contribution in [0.15, 0.2) is 24.3 Å². The van der Waals surface area contributed by atoms with E-state index in [0.717, 1.165) is 0 Å². The van der Waals surface area contributed by atoms with Crippen LogP contribution in [0.1, 0.15) is 41.6 Å². The second kappa shape index (κ2) is 6.20. The zero-order valence-electron chi connectivity index (χ0n) is 11.0. The van der Waals surface area contributed by atoms with E-state index in [2.05, 4.69) is 5.32 Å². The zero-order valence-corrected chi connectivity index (χ0v) is 11.0.